The summed E-state index contributed by atoms with van der Waals surface area (Å²) >= 11 is 0. The van der Waals surface area contributed by atoms with E-state index in [-0.39, 0.29) is 6.03 Å². The van der Waals surface area contributed by atoms with Crippen molar-refractivity contribution in [2.75, 3.05) is 11.9 Å². The average molecular weight is 297 g/mol. The maximum absolute atomic E-state index is 11.9. The second-order valence-electron chi connectivity index (χ2n) is 4.94. The van der Waals surface area contributed by atoms with Crippen molar-refractivity contribution in [1.29, 1.82) is 0 Å². The first-order chi connectivity index (χ1) is 10.6. The molecule has 0 saturated carbocycles. The Kier molecular flexibility index (Phi) is 5.54. The SMILES string of the molecule is C=C(C)COc1cccc(NC(=O)NCc2cccnc2)c1. The van der Waals surface area contributed by atoms with Crippen LogP contribution in [0.2, 0.25) is 0 Å². The molecule has 1 heterocycles. The summed E-state index contributed by atoms with van der Waals surface area (Å²) in [5.41, 5.74) is 2.55. The fraction of sp³-hybridized carbons (Fsp3) is 0.176. The lowest BCUT2D eigenvalue weighted by molar-refractivity contribution is 0.251. The molecule has 0 saturated heterocycles. The number of ether oxygens (including phenoxy) is 1. The first-order valence-electron chi connectivity index (χ1n) is 6.94. The maximum atomic E-state index is 11.9. The molecule has 5 nitrogen and oxygen atoms in total. The van der Waals surface area contributed by atoms with Crippen LogP contribution in [0, 0.1) is 0 Å². The van der Waals surface area contributed by atoms with Gasteiger partial charge in [-0.3, -0.25) is 4.98 Å². The van der Waals surface area contributed by atoms with Crippen LogP contribution in [0.15, 0.2) is 60.9 Å². The fourth-order valence-corrected chi connectivity index (χ4v) is 1.73. The number of nitrogens with one attached hydrogen (secondary N) is 2. The molecule has 1 aromatic carbocycles. The summed E-state index contributed by atoms with van der Waals surface area (Å²) in [5, 5.41) is 5.54. The second-order valence-corrected chi connectivity index (χ2v) is 4.94. The lowest BCUT2D eigenvalue weighted by Crippen LogP contribution is -2.28. The molecule has 5 heteroatoms. The summed E-state index contributed by atoms with van der Waals surface area (Å²) < 4.78 is 5.54. The smallest absolute Gasteiger partial charge is 0.319 e. The Morgan fingerprint density at radius 1 is 1.32 bits per heavy atom. The summed E-state index contributed by atoms with van der Waals surface area (Å²) in [6.45, 7) is 6.56. The molecule has 0 fully saturated rings. The quantitative estimate of drug-likeness (QED) is 0.804. The number of urea groups is 1. The predicted octanol–water partition coefficient (Wildman–Crippen LogP) is 3.36. The van der Waals surface area contributed by atoms with Gasteiger partial charge in [0.1, 0.15) is 12.4 Å². The van der Waals surface area contributed by atoms with E-state index in [9.17, 15) is 4.79 Å². The van der Waals surface area contributed by atoms with E-state index in [1.165, 1.54) is 0 Å². The average Bonchev–Trinajstić information content (AvgIpc) is 2.52. The number of pyridine rings is 1. The van der Waals surface area contributed by atoms with E-state index in [1.807, 2.05) is 31.2 Å². The van der Waals surface area contributed by atoms with Gasteiger partial charge >= 0.3 is 6.03 Å². The lowest BCUT2D eigenvalue weighted by atomic mass is 10.3. The lowest BCUT2D eigenvalue weighted by Gasteiger charge is -2.10. The number of hydrogen-bond donors (Lipinski definition) is 2. The number of anilines is 1. The van der Waals surface area contributed by atoms with E-state index in [4.69, 9.17) is 4.74 Å². The fourth-order valence-electron chi connectivity index (χ4n) is 1.73. The number of benzene rings is 1. The van der Waals surface area contributed by atoms with Crippen molar-refractivity contribution in [2.24, 2.45) is 0 Å². The summed E-state index contributed by atoms with van der Waals surface area (Å²) in [6, 6.07) is 10.7. The van der Waals surface area contributed by atoms with Crippen LogP contribution in [0.3, 0.4) is 0 Å². The molecule has 0 aliphatic carbocycles. The number of hydrogen-bond acceptors (Lipinski definition) is 3. The van der Waals surface area contributed by atoms with E-state index in [0.29, 0.717) is 24.6 Å². The standard InChI is InChI=1S/C17H19N3O2/c1-13(2)12-22-16-7-3-6-15(9-16)20-17(21)19-11-14-5-4-8-18-10-14/h3-10H,1,11-12H2,2H3,(H2,19,20,21). The van der Waals surface area contributed by atoms with Gasteiger partial charge in [0, 0.05) is 30.7 Å². The van der Waals surface area contributed by atoms with E-state index in [1.54, 1.807) is 24.5 Å². The molecule has 2 rings (SSSR count). The third-order valence-corrected chi connectivity index (χ3v) is 2.75. The first-order valence-corrected chi connectivity index (χ1v) is 6.94. The van der Waals surface area contributed by atoms with Crippen molar-refractivity contribution >= 4 is 11.7 Å². The zero-order valence-corrected chi connectivity index (χ0v) is 12.5. The van der Waals surface area contributed by atoms with Gasteiger partial charge in [-0.05, 0) is 36.3 Å². The van der Waals surface area contributed by atoms with Crippen molar-refractivity contribution in [2.45, 2.75) is 13.5 Å². The number of aromatic nitrogens is 1. The Morgan fingerprint density at radius 2 is 2.18 bits per heavy atom. The minimum absolute atomic E-state index is 0.277. The van der Waals surface area contributed by atoms with Crippen LogP contribution in [0.5, 0.6) is 5.75 Å². The van der Waals surface area contributed by atoms with Gasteiger partial charge in [-0.2, -0.15) is 0 Å². The molecular weight excluding hydrogens is 278 g/mol. The number of carbonyl (C=O) groups is 1. The monoisotopic (exact) mass is 297 g/mol. The highest BCUT2D eigenvalue weighted by molar-refractivity contribution is 5.89. The Labute approximate surface area is 130 Å². The second kappa shape index (κ2) is 7.83. The van der Waals surface area contributed by atoms with Crippen molar-refractivity contribution in [3.63, 3.8) is 0 Å². The minimum Gasteiger partial charge on any atom is -0.489 e. The molecule has 22 heavy (non-hydrogen) atoms. The molecule has 2 aromatic rings. The van der Waals surface area contributed by atoms with Gasteiger partial charge < -0.3 is 15.4 Å². The Balaban J connectivity index is 1.85. The molecule has 0 aliphatic rings. The molecule has 0 spiro atoms. The van der Waals surface area contributed by atoms with Crippen LogP contribution in [-0.2, 0) is 6.54 Å². The van der Waals surface area contributed by atoms with Crippen molar-refractivity contribution in [1.82, 2.24) is 10.3 Å². The summed E-state index contributed by atoms with van der Waals surface area (Å²) in [7, 11) is 0. The Hall–Kier alpha value is -2.82. The van der Waals surface area contributed by atoms with Gasteiger partial charge in [-0.25, -0.2) is 4.79 Å². The predicted molar refractivity (Wildman–Crippen MR) is 86.8 cm³/mol. The van der Waals surface area contributed by atoms with Crippen molar-refractivity contribution < 1.29 is 9.53 Å². The summed E-state index contributed by atoms with van der Waals surface area (Å²) in [4.78, 5) is 15.9. The van der Waals surface area contributed by atoms with Gasteiger partial charge in [0.2, 0.25) is 0 Å². The Morgan fingerprint density at radius 3 is 2.91 bits per heavy atom. The van der Waals surface area contributed by atoms with Gasteiger partial charge in [0.05, 0.1) is 0 Å². The topological polar surface area (TPSA) is 63.2 Å². The highest BCUT2D eigenvalue weighted by Crippen LogP contribution is 2.17. The van der Waals surface area contributed by atoms with Gasteiger partial charge in [0.15, 0.2) is 0 Å². The van der Waals surface area contributed by atoms with E-state index < -0.39 is 0 Å². The maximum Gasteiger partial charge on any atom is 0.319 e. The normalized spacial score (nSPS) is 9.86. The van der Waals surface area contributed by atoms with E-state index in [2.05, 4.69) is 22.2 Å². The van der Waals surface area contributed by atoms with Gasteiger partial charge in [0.25, 0.3) is 0 Å². The van der Waals surface area contributed by atoms with Crippen molar-refractivity contribution in [3.05, 3.63) is 66.5 Å². The van der Waals surface area contributed by atoms with Crippen LogP contribution in [0.1, 0.15) is 12.5 Å². The molecule has 0 aliphatic heterocycles. The van der Waals surface area contributed by atoms with Crippen LogP contribution in [0.4, 0.5) is 10.5 Å². The van der Waals surface area contributed by atoms with Gasteiger partial charge in [-0.15, -0.1) is 0 Å². The number of carbonyl (C=O) groups excluding carboxylic acids is 1. The highest BCUT2D eigenvalue weighted by atomic mass is 16.5. The first kappa shape index (κ1) is 15.6. The number of nitrogens with zero attached hydrogens (tertiary/aromatic N) is 1. The zero-order chi connectivity index (χ0) is 15.8. The third-order valence-electron chi connectivity index (χ3n) is 2.75. The molecule has 0 atom stereocenters. The number of amides is 2. The molecule has 0 radical (unpaired) electrons. The van der Waals surface area contributed by atoms with E-state index >= 15 is 0 Å². The Bertz CT molecular complexity index is 641. The van der Waals surface area contributed by atoms with Crippen molar-refractivity contribution in [3.8, 4) is 5.75 Å². The number of rotatable bonds is 6. The van der Waals surface area contributed by atoms with Crippen LogP contribution < -0.4 is 15.4 Å². The molecular formula is C17H19N3O2. The molecule has 0 bridgehead atoms. The third kappa shape index (κ3) is 5.28. The van der Waals surface area contributed by atoms with Crippen LogP contribution >= 0.6 is 0 Å². The van der Waals surface area contributed by atoms with Gasteiger partial charge in [-0.1, -0.05) is 18.7 Å². The minimum atomic E-state index is -0.277. The molecule has 1 aromatic heterocycles. The molecule has 2 amide bonds. The molecule has 114 valence electrons. The van der Waals surface area contributed by atoms with E-state index in [0.717, 1.165) is 11.1 Å². The summed E-state index contributed by atoms with van der Waals surface area (Å²) in [5.74, 6) is 0.688. The zero-order valence-electron chi connectivity index (χ0n) is 12.5. The highest BCUT2D eigenvalue weighted by Gasteiger charge is 2.03. The summed E-state index contributed by atoms with van der Waals surface area (Å²) in [6.07, 6.45) is 3.41. The molecule has 2 N–H and O–H groups in total. The van der Waals surface area contributed by atoms with Crippen LogP contribution in [0.25, 0.3) is 0 Å². The van der Waals surface area contributed by atoms with Crippen LogP contribution in [-0.4, -0.2) is 17.6 Å². The largest absolute Gasteiger partial charge is 0.489 e. The molecule has 0 unspecified atom stereocenters.